The molecule has 0 aliphatic carbocycles. The molecular weight excluding hydrogens is 312 g/mol. The van der Waals surface area contributed by atoms with Crippen LogP contribution in [0.3, 0.4) is 0 Å². The van der Waals surface area contributed by atoms with Gasteiger partial charge < -0.3 is 20.1 Å². The summed E-state index contributed by atoms with van der Waals surface area (Å²) in [5.41, 5.74) is 0.865. The Morgan fingerprint density at radius 1 is 1.22 bits per heavy atom. The van der Waals surface area contributed by atoms with E-state index in [1.54, 1.807) is 0 Å². The molecule has 0 heterocycles. The van der Waals surface area contributed by atoms with Gasteiger partial charge in [-0.05, 0) is 43.6 Å². The van der Waals surface area contributed by atoms with E-state index in [1.165, 1.54) is 7.11 Å². The van der Waals surface area contributed by atoms with Crippen LogP contribution in [0.2, 0.25) is 0 Å². The summed E-state index contributed by atoms with van der Waals surface area (Å²) in [5.74, 6) is 0.649. The van der Waals surface area contributed by atoms with Gasteiger partial charge in [0.1, 0.15) is 5.75 Å². The van der Waals surface area contributed by atoms with Crippen molar-refractivity contribution < 1.29 is 14.3 Å². The number of anilines is 1. The quantitative estimate of drug-likeness (QED) is 0.387. The van der Waals surface area contributed by atoms with Crippen molar-refractivity contribution in [3.8, 4) is 5.75 Å². The highest BCUT2D eigenvalue weighted by atomic mass is 32.1. The van der Waals surface area contributed by atoms with E-state index in [-0.39, 0.29) is 5.97 Å². The second kappa shape index (κ2) is 11.7. The summed E-state index contributed by atoms with van der Waals surface area (Å²) in [6, 6.07) is 7.74. The zero-order valence-corrected chi connectivity index (χ0v) is 14.7. The molecule has 1 rings (SSSR count). The highest BCUT2D eigenvalue weighted by molar-refractivity contribution is 7.80. The Labute approximate surface area is 143 Å². The number of unbranched alkanes of at least 4 members (excludes halogenated alkanes) is 2. The van der Waals surface area contributed by atoms with E-state index in [0.717, 1.165) is 43.7 Å². The number of carbonyl (C=O) groups excluding carboxylic acids is 1. The van der Waals surface area contributed by atoms with E-state index < -0.39 is 0 Å². The molecule has 0 aliphatic rings. The molecule has 5 nitrogen and oxygen atoms in total. The molecule has 0 saturated carbocycles. The van der Waals surface area contributed by atoms with Gasteiger partial charge in [-0.25, -0.2) is 0 Å². The fraction of sp³-hybridized carbons (Fsp3) is 0.529. The van der Waals surface area contributed by atoms with Crippen LogP contribution in [-0.2, 0) is 9.53 Å². The van der Waals surface area contributed by atoms with Gasteiger partial charge in [-0.2, -0.15) is 0 Å². The average molecular weight is 338 g/mol. The van der Waals surface area contributed by atoms with Crippen LogP contribution in [0.1, 0.15) is 39.0 Å². The smallest absolute Gasteiger partial charge is 0.305 e. The largest absolute Gasteiger partial charge is 0.491 e. The second-order valence-electron chi connectivity index (χ2n) is 5.11. The predicted octanol–water partition coefficient (Wildman–Crippen LogP) is 3.50. The summed E-state index contributed by atoms with van der Waals surface area (Å²) in [6.07, 6.45) is 4.18. The van der Waals surface area contributed by atoms with Gasteiger partial charge in [0.15, 0.2) is 5.11 Å². The molecule has 6 heteroatoms. The van der Waals surface area contributed by atoms with Gasteiger partial charge in [-0.1, -0.05) is 25.5 Å². The molecule has 0 atom stereocenters. The zero-order valence-electron chi connectivity index (χ0n) is 13.9. The highest BCUT2D eigenvalue weighted by Crippen LogP contribution is 2.23. The lowest BCUT2D eigenvalue weighted by Crippen LogP contribution is -2.29. The summed E-state index contributed by atoms with van der Waals surface area (Å²) in [5, 5.41) is 6.90. The van der Waals surface area contributed by atoms with E-state index in [0.29, 0.717) is 18.1 Å². The van der Waals surface area contributed by atoms with Crippen molar-refractivity contribution in [2.24, 2.45) is 0 Å². The number of ether oxygens (including phenoxy) is 2. The molecule has 0 saturated heterocycles. The first kappa shape index (κ1) is 19.2. The molecule has 23 heavy (non-hydrogen) atoms. The number of methoxy groups -OCH3 is 1. The summed E-state index contributed by atoms with van der Waals surface area (Å²) in [6.45, 7) is 3.52. The van der Waals surface area contributed by atoms with Gasteiger partial charge >= 0.3 is 5.97 Å². The van der Waals surface area contributed by atoms with Crippen molar-refractivity contribution in [3.63, 3.8) is 0 Å². The maximum absolute atomic E-state index is 11.0. The lowest BCUT2D eigenvalue weighted by Gasteiger charge is -2.14. The minimum atomic E-state index is -0.154. The SMILES string of the molecule is CCCOc1ccccc1NC(=S)NCCCCCC(=O)OC. The fourth-order valence-corrected chi connectivity index (χ4v) is 2.16. The number of rotatable bonds is 10. The summed E-state index contributed by atoms with van der Waals surface area (Å²) in [4.78, 5) is 11.0. The summed E-state index contributed by atoms with van der Waals surface area (Å²) >= 11 is 5.29. The Morgan fingerprint density at radius 3 is 2.74 bits per heavy atom. The van der Waals surface area contributed by atoms with Crippen molar-refractivity contribution in [1.29, 1.82) is 0 Å². The molecule has 0 amide bonds. The standard InChI is InChI=1S/C17H26N2O3S/c1-3-13-22-15-10-7-6-9-14(15)19-17(23)18-12-8-4-5-11-16(20)21-2/h6-7,9-10H,3-5,8,11-13H2,1-2H3,(H2,18,19,23). The number of hydrogen-bond acceptors (Lipinski definition) is 4. The minimum absolute atomic E-state index is 0.154. The molecule has 0 unspecified atom stereocenters. The molecule has 0 spiro atoms. The molecule has 0 aromatic heterocycles. The Balaban J connectivity index is 2.25. The maximum Gasteiger partial charge on any atom is 0.305 e. The Morgan fingerprint density at radius 2 is 2.00 bits per heavy atom. The third kappa shape index (κ3) is 8.40. The third-order valence-electron chi connectivity index (χ3n) is 3.17. The van der Waals surface area contributed by atoms with Crippen LogP contribution in [0, 0.1) is 0 Å². The van der Waals surface area contributed by atoms with E-state index in [1.807, 2.05) is 24.3 Å². The van der Waals surface area contributed by atoms with Crippen LogP contribution in [0.25, 0.3) is 0 Å². The zero-order chi connectivity index (χ0) is 16.9. The lowest BCUT2D eigenvalue weighted by molar-refractivity contribution is -0.140. The van der Waals surface area contributed by atoms with Gasteiger partial charge in [0.25, 0.3) is 0 Å². The number of esters is 1. The molecule has 0 aliphatic heterocycles. The Kier molecular flexibility index (Phi) is 9.79. The van der Waals surface area contributed by atoms with Crippen LogP contribution in [-0.4, -0.2) is 31.3 Å². The fourth-order valence-electron chi connectivity index (χ4n) is 1.95. The molecule has 1 aromatic carbocycles. The van der Waals surface area contributed by atoms with Crippen LogP contribution >= 0.6 is 12.2 Å². The van der Waals surface area contributed by atoms with E-state index in [2.05, 4.69) is 22.3 Å². The van der Waals surface area contributed by atoms with Crippen molar-refractivity contribution >= 4 is 29.0 Å². The first-order valence-corrected chi connectivity index (χ1v) is 8.41. The second-order valence-corrected chi connectivity index (χ2v) is 5.52. The third-order valence-corrected chi connectivity index (χ3v) is 3.41. The molecule has 2 N–H and O–H groups in total. The van der Waals surface area contributed by atoms with Crippen molar-refractivity contribution in [1.82, 2.24) is 5.32 Å². The highest BCUT2D eigenvalue weighted by Gasteiger charge is 2.04. The van der Waals surface area contributed by atoms with Gasteiger partial charge in [0.05, 0.1) is 19.4 Å². The summed E-state index contributed by atoms with van der Waals surface area (Å²) < 4.78 is 10.3. The molecule has 0 radical (unpaired) electrons. The normalized spacial score (nSPS) is 10.0. The molecule has 1 aromatic rings. The van der Waals surface area contributed by atoms with Gasteiger partial charge in [-0.3, -0.25) is 4.79 Å². The van der Waals surface area contributed by atoms with Gasteiger partial charge in [0, 0.05) is 13.0 Å². The van der Waals surface area contributed by atoms with Crippen molar-refractivity contribution in [2.45, 2.75) is 39.0 Å². The summed E-state index contributed by atoms with van der Waals surface area (Å²) in [7, 11) is 1.41. The molecule has 128 valence electrons. The van der Waals surface area contributed by atoms with E-state index in [9.17, 15) is 4.79 Å². The van der Waals surface area contributed by atoms with E-state index >= 15 is 0 Å². The van der Waals surface area contributed by atoms with Gasteiger partial charge in [-0.15, -0.1) is 0 Å². The van der Waals surface area contributed by atoms with Gasteiger partial charge in [0.2, 0.25) is 0 Å². The number of hydrogen-bond donors (Lipinski definition) is 2. The lowest BCUT2D eigenvalue weighted by atomic mass is 10.2. The van der Waals surface area contributed by atoms with Crippen molar-refractivity contribution in [3.05, 3.63) is 24.3 Å². The minimum Gasteiger partial charge on any atom is -0.491 e. The number of carbonyl (C=O) groups is 1. The number of benzene rings is 1. The molecule has 0 bridgehead atoms. The van der Waals surface area contributed by atoms with E-state index in [4.69, 9.17) is 17.0 Å². The topological polar surface area (TPSA) is 59.6 Å². The van der Waals surface area contributed by atoms with Crippen molar-refractivity contribution in [2.75, 3.05) is 25.6 Å². The number of nitrogens with one attached hydrogen (secondary N) is 2. The number of para-hydroxylation sites is 2. The maximum atomic E-state index is 11.0. The first-order chi connectivity index (χ1) is 11.2. The Bertz CT molecular complexity index is 494. The predicted molar refractivity (Wildman–Crippen MR) is 96.9 cm³/mol. The monoisotopic (exact) mass is 338 g/mol. The Hall–Kier alpha value is -1.82. The molecule has 0 fully saturated rings. The van der Waals surface area contributed by atoms with Crippen LogP contribution < -0.4 is 15.4 Å². The first-order valence-electron chi connectivity index (χ1n) is 8.00. The number of thiocarbonyl (C=S) groups is 1. The molecular formula is C17H26N2O3S. The van der Waals surface area contributed by atoms with Crippen LogP contribution in [0.4, 0.5) is 5.69 Å². The average Bonchev–Trinajstić information content (AvgIpc) is 2.56. The van der Waals surface area contributed by atoms with Crippen LogP contribution in [0.15, 0.2) is 24.3 Å². The van der Waals surface area contributed by atoms with Crippen LogP contribution in [0.5, 0.6) is 5.75 Å².